The van der Waals surface area contributed by atoms with Crippen molar-refractivity contribution >= 4 is 51.1 Å². The molecule has 238 valence electrons. The van der Waals surface area contributed by atoms with Gasteiger partial charge in [0.2, 0.25) is 0 Å². The summed E-state index contributed by atoms with van der Waals surface area (Å²) in [6.07, 6.45) is 3.90. The molecule has 0 unspecified atom stereocenters. The van der Waals surface area contributed by atoms with Gasteiger partial charge in [-0.3, -0.25) is 4.99 Å². The predicted molar refractivity (Wildman–Crippen MR) is 193 cm³/mol. The molecule has 5 aromatic carbocycles. The average Bonchev–Trinajstić information content (AvgIpc) is 3.09. The number of phenols is 1. The molecule has 0 aromatic heterocycles. The lowest BCUT2D eigenvalue weighted by Gasteiger charge is -2.48. The highest BCUT2D eigenvalue weighted by molar-refractivity contribution is 6.02. The molecule has 1 N–H and O–H groups in total. The molecular weight excluding hydrogens is 594 g/mol. The van der Waals surface area contributed by atoms with Crippen molar-refractivity contribution in [2.45, 2.75) is 51.4 Å². The molecular formula is C40H37N7O. The van der Waals surface area contributed by atoms with Gasteiger partial charge in [0.05, 0.1) is 40.1 Å². The van der Waals surface area contributed by atoms with E-state index in [0.29, 0.717) is 28.4 Å². The third-order valence-electron chi connectivity index (χ3n) is 9.66. The van der Waals surface area contributed by atoms with Gasteiger partial charge in [-0.05, 0) is 96.0 Å². The van der Waals surface area contributed by atoms with Gasteiger partial charge in [-0.1, -0.05) is 52.0 Å². The maximum atomic E-state index is 11.7. The lowest BCUT2D eigenvalue weighted by atomic mass is 9.69. The number of nitriles is 1. The number of aromatic hydroxyl groups is 1. The van der Waals surface area contributed by atoms with Crippen molar-refractivity contribution in [1.29, 1.82) is 5.26 Å². The molecule has 8 heteroatoms. The van der Waals surface area contributed by atoms with Gasteiger partial charge in [0.15, 0.2) is 0 Å². The maximum Gasteiger partial charge on any atom is 0.130 e. The number of hydrogen-bond acceptors (Lipinski definition) is 8. The standard InChI is InChI=1S/C40H37N7O/c1-39(2)19-21-47-22-20-40(3,4)36-37(47)33(39)23-27(38(36)48)25-42-34-17-18-35(32-8-6-5-7-31(32)34)46-45-30-15-13-29(14-16-30)44-43-28-11-9-26(24-41)10-12-28/h5-18,23,25,48H,19-22H2,1-4H3/b42-25+,44-43+,46-45+. The minimum Gasteiger partial charge on any atom is -0.507 e. The summed E-state index contributed by atoms with van der Waals surface area (Å²) in [5.41, 5.74) is 8.36. The first-order valence-electron chi connectivity index (χ1n) is 16.3. The monoisotopic (exact) mass is 631 g/mol. The smallest absolute Gasteiger partial charge is 0.130 e. The van der Waals surface area contributed by atoms with Gasteiger partial charge in [0.1, 0.15) is 5.75 Å². The zero-order valence-electron chi connectivity index (χ0n) is 27.6. The van der Waals surface area contributed by atoms with E-state index in [-0.39, 0.29) is 10.8 Å². The highest BCUT2D eigenvalue weighted by Crippen LogP contribution is 2.53. The molecule has 2 heterocycles. The number of anilines is 1. The maximum absolute atomic E-state index is 11.7. The number of aliphatic imine (C=N–C) groups is 1. The Morgan fingerprint density at radius 1 is 0.708 bits per heavy atom. The van der Waals surface area contributed by atoms with Crippen molar-refractivity contribution in [3.8, 4) is 11.8 Å². The van der Waals surface area contributed by atoms with Gasteiger partial charge in [-0.25, -0.2) is 0 Å². The largest absolute Gasteiger partial charge is 0.507 e. The highest BCUT2D eigenvalue weighted by Gasteiger charge is 2.42. The van der Waals surface area contributed by atoms with Crippen LogP contribution in [0, 0.1) is 11.3 Å². The van der Waals surface area contributed by atoms with Crippen LogP contribution in [0.5, 0.6) is 5.75 Å². The summed E-state index contributed by atoms with van der Waals surface area (Å²) in [6, 6.07) is 30.5. The van der Waals surface area contributed by atoms with Gasteiger partial charge >= 0.3 is 0 Å². The number of hydrogen-bond donors (Lipinski definition) is 1. The van der Waals surface area contributed by atoms with Crippen molar-refractivity contribution in [2.24, 2.45) is 25.4 Å². The molecule has 0 aliphatic carbocycles. The fourth-order valence-corrected chi connectivity index (χ4v) is 6.71. The summed E-state index contributed by atoms with van der Waals surface area (Å²) < 4.78 is 0. The zero-order valence-corrected chi connectivity index (χ0v) is 27.6. The molecule has 0 fully saturated rings. The quantitative estimate of drug-likeness (QED) is 0.149. The summed E-state index contributed by atoms with van der Waals surface area (Å²) >= 11 is 0. The van der Waals surface area contributed by atoms with Crippen LogP contribution in [-0.2, 0) is 10.8 Å². The molecule has 0 atom stereocenters. The Morgan fingerprint density at radius 2 is 1.25 bits per heavy atom. The Labute approximate surface area is 280 Å². The second-order valence-electron chi connectivity index (χ2n) is 13.8. The predicted octanol–water partition coefficient (Wildman–Crippen LogP) is 11.2. The van der Waals surface area contributed by atoms with Gasteiger partial charge in [0.25, 0.3) is 0 Å². The SMILES string of the molecule is CC1(C)CCN2CCC(C)(C)c3c(O)c(/C=N/c4ccc(/N=N/c5ccc(/N=N/c6ccc(C#N)cc6)cc5)c5ccccc45)cc1c32. The Bertz CT molecular complexity index is 2150. The first kappa shape index (κ1) is 30.9. The van der Waals surface area contributed by atoms with Crippen molar-refractivity contribution in [2.75, 3.05) is 18.0 Å². The summed E-state index contributed by atoms with van der Waals surface area (Å²) in [5, 5.41) is 40.1. The van der Waals surface area contributed by atoms with Gasteiger partial charge in [-0.15, -0.1) is 5.11 Å². The van der Waals surface area contributed by atoms with Crippen LogP contribution in [0.25, 0.3) is 10.8 Å². The van der Waals surface area contributed by atoms with Crippen LogP contribution in [0.1, 0.15) is 62.8 Å². The van der Waals surface area contributed by atoms with Gasteiger partial charge in [-0.2, -0.15) is 20.6 Å². The second-order valence-corrected chi connectivity index (χ2v) is 13.8. The first-order valence-corrected chi connectivity index (χ1v) is 16.3. The zero-order chi connectivity index (χ0) is 33.5. The van der Waals surface area contributed by atoms with E-state index in [2.05, 4.69) is 65.2 Å². The van der Waals surface area contributed by atoms with Crippen LogP contribution in [0.4, 0.5) is 34.1 Å². The highest BCUT2D eigenvalue weighted by atomic mass is 16.3. The van der Waals surface area contributed by atoms with Gasteiger partial charge < -0.3 is 10.0 Å². The second kappa shape index (κ2) is 12.2. The van der Waals surface area contributed by atoms with Crippen molar-refractivity contribution in [3.63, 3.8) is 0 Å². The molecule has 8 nitrogen and oxygen atoms in total. The van der Waals surface area contributed by atoms with Crippen LogP contribution in [-0.4, -0.2) is 24.4 Å². The Morgan fingerprint density at radius 3 is 1.88 bits per heavy atom. The summed E-state index contributed by atoms with van der Waals surface area (Å²) in [5.74, 6) is 0.335. The van der Waals surface area contributed by atoms with E-state index >= 15 is 0 Å². The van der Waals surface area contributed by atoms with E-state index in [0.717, 1.165) is 59.2 Å². The van der Waals surface area contributed by atoms with Gasteiger partial charge in [0, 0.05) is 46.9 Å². The van der Waals surface area contributed by atoms with E-state index in [9.17, 15) is 5.11 Å². The fourth-order valence-electron chi connectivity index (χ4n) is 6.71. The number of fused-ring (bicyclic) bond motifs is 1. The van der Waals surface area contributed by atoms with E-state index in [1.807, 2.05) is 66.9 Å². The first-order chi connectivity index (χ1) is 23.1. The van der Waals surface area contributed by atoms with E-state index < -0.39 is 0 Å². The van der Waals surface area contributed by atoms with E-state index in [1.54, 1.807) is 24.3 Å². The minimum absolute atomic E-state index is 0.0141. The van der Waals surface area contributed by atoms with E-state index in [1.165, 1.54) is 11.3 Å². The minimum atomic E-state index is -0.127. The third-order valence-corrected chi connectivity index (χ3v) is 9.66. The van der Waals surface area contributed by atoms with Crippen molar-refractivity contribution in [3.05, 3.63) is 113 Å². The number of rotatable bonds is 6. The molecule has 48 heavy (non-hydrogen) atoms. The molecule has 0 radical (unpaired) electrons. The van der Waals surface area contributed by atoms with E-state index in [4.69, 9.17) is 10.3 Å². The Balaban J connectivity index is 1.16. The lowest BCUT2D eigenvalue weighted by Crippen LogP contribution is -2.44. The molecule has 7 rings (SSSR count). The Kier molecular flexibility index (Phi) is 7.84. The summed E-state index contributed by atoms with van der Waals surface area (Å²) in [6.45, 7) is 11.1. The molecule has 2 aliphatic rings. The van der Waals surface area contributed by atoms with Crippen LogP contribution in [0.2, 0.25) is 0 Å². The summed E-state index contributed by atoms with van der Waals surface area (Å²) in [7, 11) is 0. The fraction of sp³-hybridized carbons (Fsp3) is 0.250. The number of phenolic OH excluding ortho intramolecular Hbond substituents is 1. The molecule has 2 aliphatic heterocycles. The molecule has 0 saturated heterocycles. The lowest BCUT2D eigenvalue weighted by molar-refractivity contribution is 0.378. The van der Waals surface area contributed by atoms with Crippen LogP contribution in [0.15, 0.2) is 116 Å². The van der Waals surface area contributed by atoms with Crippen LogP contribution < -0.4 is 4.90 Å². The Hall–Kier alpha value is -5.68. The molecule has 0 spiro atoms. The number of azo groups is 2. The third kappa shape index (κ3) is 5.84. The molecule has 0 saturated carbocycles. The summed E-state index contributed by atoms with van der Waals surface area (Å²) in [4.78, 5) is 7.39. The average molecular weight is 632 g/mol. The van der Waals surface area contributed by atoms with Crippen molar-refractivity contribution in [1.82, 2.24) is 0 Å². The number of nitrogens with zero attached hydrogens (tertiary/aromatic N) is 7. The molecule has 0 amide bonds. The van der Waals surface area contributed by atoms with Crippen LogP contribution in [0.3, 0.4) is 0 Å². The molecule has 0 bridgehead atoms. The normalized spacial score (nSPS) is 16.5. The number of benzene rings is 5. The topological polar surface area (TPSA) is 109 Å². The van der Waals surface area contributed by atoms with Crippen LogP contribution >= 0.6 is 0 Å². The molecule has 5 aromatic rings. The van der Waals surface area contributed by atoms with Crippen molar-refractivity contribution < 1.29 is 5.11 Å².